The summed E-state index contributed by atoms with van der Waals surface area (Å²) in [6, 6.07) is 0. The lowest BCUT2D eigenvalue weighted by molar-refractivity contribution is -0.146. The van der Waals surface area contributed by atoms with Crippen LogP contribution in [0.15, 0.2) is 0 Å². The second-order valence-corrected chi connectivity index (χ2v) is 2.64. The maximum absolute atomic E-state index is 10.6. The predicted octanol–water partition coefficient (Wildman–Crippen LogP) is -0.388. The quantitative estimate of drug-likeness (QED) is 0.539. The zero-order valence-corrected chi connectivity index (χ0v) is 7.16. The van der Waals surface area contributed by atoms with Crippen LogP contribution in [0.3, 0.4) is 0 Å². The van der Waals surface area contributed by atoms with E-state index in [0.717, 1.165) is 0 Å². The number of carbonyl (C=O) groups excluding carboxylic acids is 1. The molecule has 5 heteroatoms. The summed E-state index contributed by atoms with van der Waals surface area (Å²) < 4.78 is 4.71. The molecule has 2 N–H and O–H groups in total. The third-order valence-electron chi connectivity index (χ3n) is 1.66. The molecule has 0 aromatic carbocycles. The van der Waals surface area contributed by atoms with Gasteiger partial charge in [0.2, 0.25) is 6.41 Å². The summed E-state index contributed by atoms with van der Waals surface area (Å²) in [6.07, 6.45) is 0.626. The Morgan fingerprint density at radius 3 is 2.67 bits per heavy atom. The molecule has 0 radical (unpaired) electrons. The van der Waals surface area contributed by atoms with Gasteiger partial charge >= 0.3 is 5.97 Å². The summed E-state index contributed by atoms with van der Waals surface area (Å²) in [7, 11) is 1.48. The molecule has 1 atom stereocenters. The Kier molecular flexibility index (Phi) is 4.28. The van der Waals surface area contributed by atoms with Crippen molar-refractivity contribution in [1.82, 2.24) is 5.32 Å². The summed E-state index contributed by atoms with van der Waals surface area (Å²) in [5.74, 6) is -1.06. The van der Waals surface area contributed by atoms with Crippen molar-refractivity contribution in [2.45, 2.75) is 18.9 Å². The van der Waals surface area contributed by atoms with Crippen molar-refractivity contribution >= 4 is 12.4 Å². The molecule has 5 nitrogen and oxygen atoms in total. The summed E-state index contributed by atoms with van der Waals surface area (Å²) in [6.45, 7) is 1.73. The van der Waals surface area contributed by atoms with Gasteiger partial charge in [0.25, 0.3) is 0 Å². The van der Waals surface area contributed by atoms with Gasteiger partial charge in [0, 0.05) is 20.1 Å². The Labute approximate surface area is 70.7 Å². The Morgan fingerprint density at radius 2 is 2.33 bits per heavy atom. The first-order chi connectivity index (χ1) is 5.56. The number of carbonyl (C=O) groups is 2. The number of aliphatic carboxylic acids is 1. The fourth-order valence-electron chi connectivity index (χ4n) is 0.677. The van der Waals surface area contributed by atoms with Crippen LogP contribution < -0.4 is 5.32 Å². The Bertz CT molecular complexity index is 171. The monoisotopic (exact) mass is 175 g/mol. The molecule has 0 saturated heterocycles. The van der Waals surface area contributed by atoms with Gasteiger partial charge in [0.1, 0.15) is 5.54 Å². The molecule has 0 spiro atoms. The molecule has 0 fully saturated rings. The van der Waals surface area contributed by atoms with E-state index in [2.05, 4.69) is 5.32 Å². The highest BCUT2D eigenvalue weighted by Gasteiger charge is 2.31. The molecule has 12 heavy (non-hydrogen) atoms. The minimum Gasteiger partial charge on any atom is -0.480 e. The molecule has 0 aliphatic rings. The van der Waals surface area contributed by atoms with Crippen molar-refractivity contribution in [1.29, 1.82) is 0 Å². The van der Waals surface area contributed by atoms with Gasteiger partial charge in [-0.2, -0.15) is 0 Å². The number of ether oxygens (including phenoxy) is 1. The lowest BCUT2D eigenvalue weighted by Gasteiger charge is -2.23. The third kappa shape index (κ3) is 2.87. The number of rotatable bonds is 6. The van der Waals surface area contributed by atoms with Crippen molar-refractivity contribution < 1.29 is 19.4 Å². The highest BCUT2D eigenvalue weighted by Crippen LogP contribution is 2.08. The molecule has 0 rings (SSSR count). The first kappa shape index (κ1) is 10.9. The standard InChI is InChI=1S/C7H13NO4/c1-7(6(10)11,8-5-9)3-4-12-2/h5H,3-4H2,1-2H3,(H,8,9)(H,10,11). The number of amides is 1. The van der Waals surface area contributed by atoms with E-state index >= 15 is 0 Å². The molecule has 1 unspecified atom stereocenters. The Morgan fingerprint density at radius 1 is 1.75 bits per heavy atom. The maximum Gasteiger partial charge on any atom is 0.329 e. The zero-order valence-electron chi connectivity index (χ0n) is 7.16. The van der Waals surface area contributed by atoms with Crippen molar-refractivity contribution in [3.05, 3.63) is 0 Å². The molecule has 0 aromatic rings. The number of hydrogen-bond acceptors (Lipinski definition) is 3. The SMILES string of the molecule is COCCC(C)(NC=O)C(=O)O. The molecule has 0 aromatic heterocycles. The van der Waals surface area contributed by atoms with Gasteiger partial charge < -0.3 is 15.2 Å². The van der Waals surface area contributed by atoms with E-state index in [-0.39, 0.29) is 6.42 Å². The molecule has 0 heterocycles. The topological polar surface area (TPSA) is 75.6 Å². The van der Waals surface area contributed by atoms with Gasteiger partial charge in [-0.3, -0.25) is 4.79 Å². The average molecular weight is 175 g/mol. The van der Waals surface area contributed by atoms with Crippen LogP contribution in [0.25, 0.3) is 0 Å². The fourth-order valence-corrected chi connectivity index (χ4v) is 0.677. The first-order valence-corrected chi connectivity index (χ1v) is 3.50. The fraction of sp³-hybridized carbons (Fsp3) is 0.714. The number of nitrogens with one attached hydrogen (secondary N) is 1. The first-order valence-electron chi connectivity index (χ1n) is 3.50. The van der Waals surface area contributed by atoms with Gasteiger partial charge in [0.15, 0.2) is 0 Å². The minimum absolute atomic E-state index is 0.248. The van der Waals surface area contributed by atoms with Gasteiger partial charge in [-0.15, -0.1) is 0 Å². The molecule has 0 aliphatic heterocycles. The van der Waals surface area contributed by atoms with Gasteiger partial charge in [-0.1, -0.05) is 0 Å². The molecule has 70 valence electrons. The third-order valence-corrected chi connectivity index (χ3v) is 1.66. The smallest absolute Gasteiger partial charge is 0.329 e. The van der Waals surface area contributed by atoms with Gasteiger partial charge in [-0.25, -0.2) is 4.79 Å². The van der Waals surface area contributed by atoms with Crippen LogP contribution in [0.1, 0.15) is 13.3 Å². The molecule has 0 saturated carbocycles. The van der Waals surface area contributed by atoms with Crippen LogP contribution in [0.5, 0.6) is 0 Å². The van der Waals surface area contributed by atoms with E-state index in [1.807, 2.05) is 0 Å². The van der Waals surface area contributed by atoms with Crippen LogP contribution in [0.4, 0.5) is 0 Å². The second-order valence-electron chi connectivity index (χ2n) is 2.64. The molecule has 0 aliphatic carbocycles. The molecular formula is C7H13NO4. The molecular weight excluding hydrogens is 162 g/mol. The van der Waals surface area contributed by atoms with Crippen molar-refractivity contribution in [3.8, 4) is 0 Å². The number of carboxylic acid groups (broad SMARTS) is 1. The minimum atomic E-state index is -1.22. The maximum atomic E-state index is 10.6. The number of carboxylic acids is 1. The second kappa shape index (κ2) is 4.71. The number of hydrogen-bond donors (Lipinski definition) is 2. The lowest BCUT2D eigenvalue weighted by atomic mass is 9.99. The van der Waals surface area contributed by atoms with Crippen molar-refractivity contribution in [2.24, 2.45) is 0 Å². The predicted molar refractivity (Wildman–Crippen MR) is 41.7 cm³/mol. The van der Waals surface area contributed by atoms with E-state index < -0.39 is 11.5 Å². The van der Waals surface area contributed by atoms with Crippen molar-refractivity contribution in [3.63, 3.8) is 0 Å². The van der Waals surface area contributed by atoms with Crippen molar-refractivity contribution in [2.75, 3.05) is 13.7 Å². The number of methoxy groups -OCH3 is 1. The van der Waals surface area contributed by atoms with E-state index in [0.29, 0.717) is 13.0 Å². The normalized spacial score (nSPS) is 14.8. The van der Waals surface area contributed by atoms with Crippen LogP contribution in [-0.4, -0.2) is 36.7 Å². The van der Waals surface area contributed by atoms with Crippen LogP contribution in [-0.2, 0) is 14.3 Å². The van der Waals surface area contributed by atoms with Gasteiger partial charge in [0.05, 0.1) is 0 Å². The zero-order chi connectivity index (χ0) is 9.61. The van der Waals surface area contributed by atoms with Crippen LogP contribution in [0.2, 0.25) is 0 Å². The van der Waals surface area contributed by atoms with Gasteiger partial charge in [-0.05, 0) is 6.92 Å². The van der Waals surface area contributed by atoms with E-state index in [4.69, 9.17) is 9.84 Å². The summed E-state index contributed by atoms with van der Waals surface area (Å²) in [5.41, 5.74) is -1.22. The molecule has 0 bridgehead atoms. The Hall–Kier alpha value is -1.10. The largest absolute Gasteiger partial charge is 0.480 e. The van der Waals surface area contributed by atoms with E-state index in [1.165, 1.54) is 14.0 Å². The summed E-state index contributed by atoms with van der Waals surface area (Å²) in [5, 5.41) is 10.9. The molecule has 1 amide bonds. The average Bonchev–Trinajstić information content (AvgIpc) is 2.01. The van der Waals surface area contributed by atoms with Crippen LogP contribution >= 0.6 is 0 Å². The highest BCUT2D eigenvalue weighted by atomic mass is 16.5. The van der Waals surface area contributed by atoms with E-state index in [9.17, 15) is 9.59 Å². The lowest BCUT2D eigenvalue weighted by Crippen LogP contribution is -2.49. The Balaban J connectivity index is 4.17. The van der Waals surface area contributed by atoms with Crippen LogP contribution in [0, 0.1) is 0 Å². The van der Waals surface area contributed by atoms with E-state index in [1.54, 1.807) is 0 Å². The summed E-state index contributed by atoms with van der Waals surface area (Å²) >= 11 is 0. The highest BCUT2D eigenvalue weighted by molar-refractivity contribution is 5.80. The summed E-state index contributed by atoms with van der Waals surface area (Å²) in [4.78, 5) is 20.7.